The van der Waals surface area contributed by atoms with Crippen molar-refractivity contribution < 1.29 is 9.53 Å². The predicted molar refractivity (Wildman–Crippen MR) is 49.4 cm³/mol. The number of ether oxygens (including phenoxy) is 1. The first-order chi connectivity index (χ1) is 6.18. The molecule has 1 amide bonds. The maximum atomic E-state index is 11.5. The maximum Gasteiger partial charge on any atom is 0.223 e. The lowest BCUT2D eigenvalue weighted by atomic mass is 10.1. The van der Waals surface area contributed by atoms with Crippen LogP contribution in [0.25, 0.3) is 0 Å². The molecule has 1 N–H and O–H groups in total. The Morgan fingerprint density at radius 3 is 2.92 bits per heavy atom. The Kier molecular flexibility index (Phi) is 2.28. The fourth-order valence-electron chi connectivity index (χ4n) is 1.71. The standard InChI is InChI=1S/C10H17NO2/c1-10(4-5-10)11-9(12)7-8-3-2-6-13-8/h8H,2-7H2,1H3,(H,11,12). The lowest BCUT2D eigenvalue weighted by molar-refractivity contribution is -0.124. The van der Waals surface area contributed by atoms with Crippen LogP contribution in [-0.2, 0) is 9.53 Å². The molecule has 13 heavy (non-hydrogen) atoms. The average molecular weight is 183 g/mol. The van der Waals surface area contributed by atoms with Gasteiger partial charge in [-0.15, -0.1) is 0 Å². The molecule has 2 aliphatic rings. The van der Waals surface area contributed by atoms with E-state index in [0.29, 0.717) is 6.42 Å². The number of carbonyl (C=O) groups is 1. The van der Waals surface area contributed by atoms with Crippen LogP contribution in [0.5, 0.6) is 0 Å². The van der Waals surface area contributed by atoms with Crippen molar-refractivity contribution in [1.82, 2.24) is 5.32 Å². The molecule has 1 unspecified atom stereocenters. The SMILES string of the molecule is CC1(NC(=O)CC2CCCO2)CC1. The molecule has 1 aliphatic carbocycles. The van der Waals surface area contributed by atoms with E-state index in [1.54, 1.807) is 0 Å². The molecule has 2 fully saturated rings. The molecular weight excluding hydrogens is 166 g/mol. The first kappa shape index (κ1) is 9.00. The molecule has 0 spiro atoms. The number of hydrogen-bond acceptors (Lipinski definition) is 2. The molecule has 0 bridgehead atoms. The maximum absolute atomic E-state index is 11.5. The number of hydrogen-bond donors (Lipinski definition) is 1. The summed E-state index contributed by atoms with van der Waals surface area (Å²) in [5, 5.41) is 3.04. The Hall–Kier alpha value is -0.570. The van der Waals surface area contributed by atoms with Gasteiger partial charge in [0.05, 0.1) is 12.5 Å². The van der Waals surface area contributed by atoms with Gasteiger partial charge in [-0.2, -0.15) is 0 Å². The quantitative estimate of drug-likeness (QED) is 0.714. The van der Waals surface area contributed by atoms with Crippen LogP contribution in [0.2, 0.25) is 0 Å². The Labute approximate surface area is 78.8 Å². The highest BCUT2D eigenvalue weighted by atomic mass is 16.5. The minimum absolute atomic E-state index is 0.121. The summed E-state index contributed by atoms with van der Waals surface area (Å²) < 4.78 is 5.40. The van der Waals surface area contributed by atoms with Crippen LogP contribution in [0.15, 0.2) is 0 Å². The van der Waals surface area contributed by atoms with Gasteiger partial charge in [0.25, 0.3) is 0 Å². The number of rotatable bonds is 3. The minimum Gasteiger partial charge on any atom is -0.378 e. The summed E-state index contributed by atoms with van der Waals surface area (Å²) in [5.74, 6) is 0.159. The minimum atomic E-state index is 0.121. The van der Waals surface area contributed by atoms with E-state index in [-0.39, 0.29) is 17.6 Å². The molecule has 1 heterocycles. The molecule has 74 valence electrons. The summed E-state index contributed by atoms with van der Waals surface area (Å²) in [6.07, 6.45) is 5.14. The van der Waals surface area contributed by atoms with Crippen LogP contribution in [0.3, 0.4) is 0 Å². The molecule has 0 radical (unpaired) electrons. The van der Waals surface area contributed by atoms with Crippen molar-refractivity contribution in [3.8, 4) is 0 Å². The first-order valence-corrected chi connectivity index (χ1v) is 5.11. The van der Waals surface area contributed by atoms with Crippen LogP contribution in [-0.4, -0.2) is 24.2 Å². The Morgan fingerprint density at radius 1 is 1.62 bits per heavy atom. The van der Waals surface area contributed by atoms with E-state index in [2.05, 4.69) is 12.2 Å². The summed E-state index contributed by atoms with van der Waals surface area (Å²) in [4.78, 5) is 11.5. The topological polar surface area (TPSA) is 38.3 Å². The van der Waals surface area contributed by atoms with E-state index in [0.717, 1.165) is 32.3 Å². The molecule has 0 aromatic heterocycles. The second-order valence-electron chi connectivity index (χ2n) is 4.45. The molecule has 0 aromatic rings. The molecule has 2 rings (SSSR count). The first-order valence-electron chi connectivity index (χ1n) is 5.11. The summed E-state index contributed by atoms with van der Waals surface area (Å²) in [6.45, 7) is 2.93. The van der Waals surface area contributed by atoms with Gasteiger partial charge < -0.3 is 10.1 Å². The molecule has 1 aliphatic heterocycles. The lowest BCUT2D eigenvalue weighted by Crippen LogP contribution is -2.36. The van der Waals surface area contributed by atoms with E-state index < -0.39 is 0 Å². The zero-order valence-electron chi connectivity index (χ0n) is 8.14. The summed E-state index contributed by atoms with van der Waals surface area (Å²) >= 11 is 0. The molecule has 0 aromatic carbocycles. The lowest BCUT2D eigenvalue weighted by Gasteiger charge is -2.13. The third-order valence-electron chi connectivity index (χ3n) is 2.88. The van der Waals surface area contributed by atoms with Crippen LogP contribution < -0.4 is 5.32 Å². The average Bonchev–Trinajstić information content (AvgIpc) is 2.61. The van der Waals surface area contributed by atoms with Gasteiger partial charge in [-0.25, -0.2) is 0 Å². The largest absolute Gasteiger partial charge is 0.378 e. The molecular formula is C10H17NO2. The van der Waals surface area contributed by atoms with Crippen molar-refractivity contribution in [2.45, 2.75) is 50.7 Å². The number of carbonyl (C=O) groups excluding carboxylic acids is 1. The van der Waals surface area contributed by atoms with Gasteiger partial charge in [0.15, 0.2) is 0 Å². The normalized spacial score (nSPS) is 30.1. The highest BCUT2D eigenvalue weighted by Crippen LogP contribution is 2.34. The summed E-state index contributed by atoms with van der Waals surface area (Å²) in [5.41, 5.74) is 0.121. The van der Waals surface area contributed by atoms with Gasteiger partial charge in [-0.05, 0) is 32.6 Å². The molecule has 1 saturated carbocycles. The van der Waals surface area contributed by atoms with Crippen molar-refractivity contribution in [2.24, 2.45) is 0 Å². The second kappa shape index (κ2) is 3.29. The third kappa shape index (κ3) is 2.44. The smallest absolute Gasteiger partial charge is 0.223 e. The Bertz CT molecular complexity index is 205. The van der Waals surface area contributed by atoms with Crippen LogP contribution in [0.4, 0.5) is 0 Å². The molecule has 3 nitrogen and oxygen atoms in total. The zero-order valence-corrected chi connectivity index (χ0v) is 8.14. The van der Waals surface area contributed by atoms with Gasteiger partial charge in [0.1, 0.15) is 0 Å². The van der Waals surface area contributed by atoms with Gasteiger partial charge >= 0.3 is 0 Å². The van der Waals surface area contributed by atoms with Crippen molar-refractivity contribution in [2.75, 3.05) is 6.61 Å². The Balaban J connectivity index is 1.71. The predicted octanol–water partition coefficient (Wildman–Crippen LogP) is 1.22. The van der Waals surface area contributed by atoms with Crippen LogP contribution in [0.1, 0.15) is 39.0 Å². The fourth-order valence-corrected chi connectivity index (χ4v) is 1.71. The van der Waals surface area contributed by atoms with Crippen molar-refractivity contribution >= 4 is 5.91 Å². The van der Waals surface area contributed by atoms with Gasteiger partial charge in [-0.3, -0.25) is 4.79 Å². The Morgan fingerprint density at radius 2 is 2.38 bits per heavy atom. The fraction of sp³-hybridized carbons (Fsp3) is 0.900. The molecule has 1 saturated heterocycles. The van der Waals surface area contributed by atoms with Crippen LogP contribution in [0, 0.1) is 0 Å². The van der Waals surface area contributed by atoms with E-state index >= 15 is 0 Å². The molecule has 3 heteroatoms. The van der Waals surface area contributed by atoms with Crippen molar-refractivity contribution in [3.05, 3.63) is 0 Å². The second-order valence-corrected chi connectivity index (χ2v) is 4.45. The highest BCUT2D eigenvalue weighted by molar-refractivity contribution is 5.77. The number of nitrogens with one attached hydrogen (secondary N) is 1. The van der Waals surface area contributed by atoms with Crippen molar-refractivity contribution in [1.29, 1.82) is 0 Å². The van der Waals surface area contributed by atoms with Crippen LogP contribution >= 0.6 is 0 Å². The monoisotopic (exact) mass is 183 g/mol. The summed E-state index contributed by atoms with van der Waals surface area (Å²) in [6, 6.07) is 0. The van der Waals surface area contributed by atoms with E-state index in [1.165, 1.54) is 0 Å². The van der Waals surface area contributed by atoms with Gasteiger partial charge in [0, 0.05) is 12.1 Å². The van der Waals surface area contributed by atoms with E-state index in [4.69, 9.17) is 4.74 Å². The molecule has 1 atom stereocenters. The van der Waals surface area contributed by atoms with Gasteiger partial charge in [0.2, 0.25) is 5.91 Å². The summed E-state index contributed by atoms with van der Waals surface area (Å²) in [7, 11) is 0. The number of amides is 1. The van der Waals surface area contributed by atoms with E-state index in [1.807, 2.05) is 0 Å². The van der Waals surface area contributed by atoms with Crippen molar-refractivity contribution in [3.63, 3.8) is 0 Å². The van der Waals surface area contributed by atoms with Gasteiger partial charge in [-0.1, -0.05) is 0 Å². The zero-order chi connectivity index (χ0) is 9.31. The third-order valence-corrected chi connectivity index (χ3v) is 2.88. The van der Waals surface area contributed by atoms with E-state index in [9.17, 15) is 4.79 Å². The highest BCUT2D eigenvalue weighted by Gasteiger charge is 2.38.